The van der Waals surface area contributed by atoms with E-state index in [2.05, 4.69) is 0 Å². The highest BCUT2D eigenvalue weighted by Gasteiger charge is 2.73. The summed E-state index contributed by atoms with van der Waals surface area (Å²) in [6.07, 6.45) is 1.12. The zero-order valence-corrected chi connectivity index (χ0v) is 14.7. The fraction of sp³-hybridized carbons (Fsp3) is 0.250. The van der Waals surface area contributed by atoms with E-state index in [1.54, 1.807) is 6.92 Å². The third-order valence-electron chi connectivity index (χ3n) is 3.89. The van der Waals surface area contributed by atoms with Gasteiger partial charge in [-0.15, -0.1) is 0 Å². The van der Waals surface area contributed by atoms with Crippen molar-refractivity contribution in [2.24, 2.45) is 5.41 Å². The second kappa shape index (κ2) is 8.88. The van der Waals surface area contributed by atoms with Gasteiger partial charge in [0, 0.05) is 6.21 Å². The molecule has 0 aliphatic heterocycles. The van der Waals surface area contributed by atoms with Crippen LogP contribution in [0.1, 0.15) is 13.8 Å². The van der Waals surface area contributed by atoms with Crippen molar-refractivity contribution in [1.82, 2.24) is 0 Å². The molecule has 0 amide bonds. The van der Waals surface area contributed by atoms with E-state index >= 15 is 0 Å². The Morgan fingerprint density at radius 3 is 2.00 bits per heavy atom. The molecule has 0 fully saturated rings. The lowest BCUT2D eigenvalue weighted by molar-refractivity contribution is -0.308. The first-order chi connectivity index (χ1) is 12.6. The molecule has 0 atom stereocenters. The number of allylic oxidation sites excluding steroid dienone is 14. The summed E-state index contributed by atoms with van der Waals surface area (Å²) < 4.78 is 84.6. The molecule has 0 bridgehead atoms. The molecule has 0 radical (unpaired) electrons. The van der Waals surface area contributed by atoms with Gasteiger partial charge in [0.15, 0.2) is 0 Å². The molecular formula is C20H19F6N. The van der Waals surface area contributed by atoms with E-state index in [4.69, 9.17) is 5.41 Å². The first-order valence-electron chi connectivity index (χ1n) is 7.93. The Labute approximate surface area is 154 Å². The maximum atomic E-state index is 14.1. The van der Waals surface area contributed by atoms with E-state index in [1.165, 1.54) is 37.3 Å². The van der Waals surface area contributed by atoms with E-state index in [0.717, 1.165) is 30.4 Å². The van der Waals surface area contributed by atoms with E-state index < -0.39 is 28.9 Å². The summed E-state index contributed by atoms with van der Waals surface area (Å²) in [6, 6.07) is 0. The lowest BCUT2D eigenvalue weighted by Gasteiger charge is -2.39. The third-order valence-corrected chi connectivity index (χ3v) is 3.89. The Morgan fingerprint density at radius 1 is 0.926 bits per heavy atom. The maximum Gasteiger partial charge on any atom is 0.411 e. The molecule has 0 heterocycles. The van der Waals surface area contributed by atoms with Crippen LogP contribution < -0.4 is 0 Å². The quantitative estimate of drug-likeness (QED) is 0.305. The predicted octanol–water partition coefficient (Wildman–Crippen LogP) is 6.80. The van der Waals surface area contributed by atoms with E-state index in [9.17, 15) is 26.3 Å². The smallest absolute Gasteiger partial charge is 0.309 e. The fourth-order valence-corrected chi connectivity index (χ4v) is 2.66. The van der Waals surface area contributed by atoms with Crippen molar-refractivity contribution in [3.63, 3.8) is 0 Å². The van der Waals surface area contributed by atoms with Crippen LogP contribution in [0.3, 0.4) is 0 Å². The average Bonchev–Trinajstić information content (AvgIpc) is 2.78. The number of hydrogen-bond acceptors (Lipinski definition) is 1. The first kappa shape index (κ1) is 22.5. The highest BCUT2D eigenvalue weighted by atomic mass is 19.4. The molecular weight excluding hydrogens is 368 g/mol. The van der Waals surface area contributed by atoms with Crippen LogP contribution in [0.2, 0.25) is 0 Å². The first-order valence-corrected chi connectivity index (χ1v) is 7.93. The third kappa shape index (κ3) is 4.59. The van der Waals surface area contributed by atoms with E-state index in [0.29, 0.717) is 12.3 Å². The normalized spacial score (nSPS) is 18.4. The number of nitrogens with one attached hydrogen (secondary N) is 1. The van der Waals surface area contributed by atoms with Gasteiger partial charge in [0.05, 0.1) is 0 Å². The number of alkyl halides is 6. The molecule has 1 aliphatic rings. The molecule has 0 aromatic heterocycles. The summed E-state index contributed by atoms with van der Waals surface area (Å²) in [4.78, 5) is 0. The second-order valence-corrected chi connectivity index (χ2v) is 5.53. The monoisotopic (exact) mass is 387 g/mol. The lowest BCUT2D eigenvalue weighted by atomic mass is 9.70. The van der Waals surface area contributed by atoms with Gasteiger partial charge >= 0.3 is 12.4 Å². The molecule has 0 saturated heterocycles. The Balaban J connectivity index is 4.00. The average molecular weight is 387 g/mol. The van der Waals surface area contributed by atoms with Crippen molar-refractivity contribution in [2.45, 2.75) is 26.2 Å². The van der Waals surface area contributed by atoms with Gasteiger partial charge < -0.3 is 5.41 Å². The van der Waals surface area contributed by atoms with Crippen LogP contribution in [0, 0.1) is 10.8 Å². The van der Waals surface area contributed by atoms with Crippen molar-refractivity contribution in [1.29, 1.82) is 5.41 Å². The van der Waals surface area contributed by atoms with Crippen molar-refractivity contribution >= 4 is 6.21 Å². The molecule has 0 aromatic rings. The molecule has 1 rings (SSSR count). The van der Waals surface area contributed by atoms with Crippen molar-refractivity contribution in [3.05, 3.63) is 83.6 Å². The van der Waals surface area contributed by atoms with Gasteiger partial charge in [-0.1, -0.05) is 60.8 Å². The number of hydrogen-bond donors (Lipinski definition) is 1. The second-order valence-electron chi connectivity index (χ2n) is 5.53. The zero-order valence-electron chi connectivity index (χ0n) is 14.7. The largest absolute Gasteiger partial charge is 0.411 e. The molecule has 1 aliphatic carbocycles. The van der Waals surface area contributed by atoms with Gasteiger partial charge in [-0.25, -0.2) is 0 Å². The topological polar surface area (TPSA) is 23.9 Å². The van der Waals surface area contributed by atoms with Crippen LogP contribution in [-0.2, 0) is 0 Å². The molecule has 146 valence electrons. The number of halogens is 6. The standard InChI is InChI=1S/C20H19F6N/c1-3-5-6-10-16(12-13-27)18(19(21,22)23,20(24,25)26)17-11-8-7-9-15(4-2)14-17/h3-14,27H,1-2H3/b5-3+,10-6-,15-4-,16-12+,27-13?. The van der Waals surface area contributed by atoms with Gasteiger partial charge in [-0.2, -0.15) is 26.3 Å². The molecule has 27 heavy (non-hydrogen) atoms. The number of rotatable bonds is 5. The van der Waals surface area contributed by atoms with Gasteiger partial charge in [0.2, 0.25) is 5.41 Å². The van der Waals surface area contributed by atoms with E-state index in [-0.39, 0.29) is 5.57 Å². The summed E-state index contributed by atoms with van der Waals surface area (Å²) in [5.74, 6) is 0. The molecule has 0 spiro atoms. The SMILES string of the molecule is C/C=C1/C=CC=CC(C(C(/C=C\C=C\C)=C/C=N)(C(F)(F)F)C(F)(F)F)=C1. The molecule has 1 nitrogen and oxygen atoms in total. The van der Waals surface area contributed by atoms with Crippen LogP contribution in [0.25, 0.3) is 0 Å². The fourth-order valence-electron chi connectivity index (χ4n) is 2.66. The van der Waals surface area contributed by atoms with Crippen molar-refractivity contribution < 1.29 is 26.3 Å². The molecule has 0 unspecified atom stereocenters. The highest BCUT2D eigenvalue weighted by Crippen LogP contribution is 2.60. The summed E-state index contributed by atoms with van der Waals surface area (Å²) in [5, 5.41) is 7.09. The van der Waals surface area contributed by atoms with Crippen LogP contribution in [0.5, 0.6) is 0 Å². The van der Waals surface area contributed by atoms with Gasteiger partial charge in [-0.3, -0.25) is 0 Å². The van der Waals surface area contributed by atoms with Crippen LogP contribution >= 0.6 is 0 Å². The molecule has 1 N–H and O–H groups in total. The summed E-state index contributed by atoms with van der Waals surface area (Å²) in [5.41, 5.74) is -6.14. The Bertz CT molecular complexity index is 738. The summed E-state index contributed by atoms with van der Waals surface area (Å²) >= 11 is 0. The molecule has 0 saturated carbocycles. The van der Waals surface area contributed by atoms with Crippen molar-refractivity contribution in [3.8, 4) is 0 Å². The summed E-state index contributed by atoms with van der Waals surface area (Å²) in [7, 11) is 0. The summed E-state index contributed by atoms with van der Waals surface area (Å²) in [6.45, 7) is 3.09. The minimum absolute atomic E-state index is 0.208. The predicted molar refractivity (Wildman–Crippen MR) is 95.5 cm³/mol. The van der Waals surface area contributed by atoms with Crippen LogP contribution in [0.15, 0.2) is 83.6 Å². The Morgan fingerprint density at radius 2 is 1.52 bits per heavy atom. The maximum absolute atomic E-state index is 14.1. The Hall–Kier alpha value is -2.57. The van der Waals surface area contributed by atoms with E-state index in [1.807, 2.05) is 0 Å². The molecule has 0 aromatic carbocycles. The van der Waals surface area contributed by atoms with Gasteiger partial charge in [0.1, 0.15) is 0 Å². The highest BCUT2D eigenvalue weighted by molar-refractivity contribution is 5.72. The van der Waals surface area contributed by atoms with Crippen molar-refractivity contribution in [2.75, 3.05) is 0 Å². The minimum Gasteiger partial charge on any atom is -0.309 e. The Kier molecular flexibility index (Phi) is 7.39. The lowest BCUT2D eigenvalue weighted by Crippen LogP contribution is -2.52. The zero-order chi connectivity index (χ0) is 20.7. The minimum atomic E-state index is -5.69. The van der Waals surface area contributed by atoms with Gasteiger partial charge in [0.25, 0.3) is 0 Å². The van der Waals surface area contributed by atoms with Crippen LogP contribution in [-0.4, -0.2) is 18.6 Å². The van der Waals surface area contributed by atoms with Crippen LogP contribution in [0.4, 0.5) is 26.3 Å². The van der Waals surface area contributed by atoms with Gasteiger partial charge in [-0.05, 0) is 36.6 Å². The molecule has 7 heteroatoms.